The quantitative estimate of drug-likeness (QED) is 0.0282. The average molecular weight is 1280 g/mol. The number of piperidine rings is 1. The fourth-order valence-corrected chi connectivity index (χ4v) is 20.8. The Morgan fingerprint density at radius 2 is 1.68 bits per heavy atom. The lowest BCUT2D eigenvalue weighted by atomic mass is 9.38. The van der Waals surface area contributed by atoms with Crippen molar-refractivity contribution in [1.82, 2.24) is 26.6 Å². The maximum Gasteiger partial charge on any atom is 0.340 e. The predicted molar refractivity (Wildman–Crippen MR) is 370 cm³/mol. The fourth-order valence-electron chi connectivity index (χ4n) is 20.8. The molecule has 13 aliphatic rings. The lowest BCUT2D eigenvalue weighted by Crippen LogP contribution is -2.58. The van der Waals surface area contributed by atoms with Crippen LogP contribution in [0, 0.1) is 69.5 Å². The zero-order chi connectivity index (χ0) is 65.3. The zero-order valence-corrected chi connectivity index (χ0v) is 56.0. The molecule has 6 heterocycles. The average Bonchev–Trinajstić information content (AvgIpc) is 1.60. The summed E-state index contributed by atoms with van der Waals surface area (Å²) in [5.74, 6) is 6.99. The van der Waals surface area contributed by atoms with Crippen molar-refractivity contribution < 1.29 is 39.5 Å². The van der Waals surface area contributed by atoms with Crippen LogP contribution in [0.25, 0.3) is 16.7 Å². The van der Waals surface area contributed by atoms with Gasteiger partial charge in [0.15, 0.2) is 0 Å². The molecule has 0 amide bonds. The molecule has 14 bridgehead atoms. The number of aliphatic hydroxyl groups excluding tert-OH is 1. The zero-order valence-electron chi connectivity index (χ0n) is 56.0. The maximum atomic E-state index is 16.1. The Kier molecular flexibility index (Phi) is 17.7. The minimum absolute atomic E-state index is 0.0570. The maximum absolute atomic E-state index is 16.1. The van der Waals surface area contributed by atoms with Crippen LogP contribution in [-0.2, 0) is 38.4 Å². The second-order valence-corrected chi connectivity index (χ2v) is 31.0. The number of cyclic esters (lactones) is 1. The van der Waals surface area contributed by atoms with Gasteiger partial charge in [-0.3, -0.25) is 0 Å². The Morgan fingerprint density at radius 1 is 0.821 bits per heavy atom. The summed E-state index contributed by atoms with van der Waals surface area (Å²) in [6.07, 6.45) is 24.7. The molecule has 2 saturated heterocycles. The molecule has 9 N–H and O–H groups in total. The van der Waals surface area contributed by atoms with E-state index in [1.165, 1.54) is 16.7 Å². The number of β-amino-alcohol motifs (C(OH)–C–C–N with tert-alkyl or cyclic N) is 1. The lowest BCUT2D eigenvalue weighted by molar-refractivity contribution is -0.135. The molecule has 500 valence electrons. The van der Waals surface area contributed by atoms with Gasteiger partial charge in [-0.05, 0) is 245 Å². The van der Waals surface area contributed by atoms with Gasteiger partial charge in [0.2, 0.25) is 0 Å². The fraction of sp³-hybridized carbons (Fsp3) is 0.537. The van der Waals surface area contributed by atoms with E-state index in [4.69, 9.17) is 9.47 Å². The molecule has 14 unspecified atom stereocenters. The highest BCUT2D eigenvalue weighted by Gasteiger charge is 2.73. The van der Waals surface area contributed by atoms with E-state index in [1.54, 1.807) is 6.07 Å². The van der Waals surface area contributed by atoms with Gasteiger partial charge < -0.3 is 56.5 Å². The molecule has 17 rings (SSSR count). The van der Waals surface area contributed by atoms with Crippen LogP contribution in [0.15, 0.2) is 144 Å². The number of rotatable bonds is 12. The predicted octanol–water partition coefficient (Wildman–Crippen LogP) is 12.4. The van der Waals surface area contributed by atoms with Gasteiger partial charge in [-0.2, -0.15) is 0 Å². The first-order valence-electron chi connectivity index (χ1n) is 36.4. The number of carbonyl (C=O) groups excluding carboxylic acids is 2. The third kappa shape index (κ3) is 11.8. The molecule has 13 nitrogen and oxygen atoms in total. The second-order valence-electron chi connectivity index (χ2n) is 31.0. The number of hydrogen-bond donors (Lipinski definition) is 9. The van der Waals surface area contributed by atoms with E-state index in [1.807, 2.05) is 37.3 Å². The van der Waals surface area contributed by atoms with Crippen LogP contribution in [0.4, 0.5) is 0 Å². The van der Waals surface area contributed by atoms with E-state index in [0.717, 1.165) is 136 Å². The van der Waals surface area contributed by atoms with Crippen molar-refractivity contribution in [2.75, 3.05) is 39.8 Å². The van der Waals surface area contributed by atoms with Crippen LogP contribution >= 0.6 is 0 Å². The minimum Gasteiger partial charge on any atom is -0.508 e. The van der Waals surface area contributed by atoms with Crippen molar-refractivity contribution in [3.05, 3.63) is 177 Å². The Morgan fingerprint density at radius 3 is 2.52 bits per heavy atom. The normalized spacial score (nSPS) is 34.5. The highest BCUT2D eigenvalue weighted by molar-refractivity contribution is 6.08. The highest BCUT2D eigenvalue weighted by Crippen LogP contribution is 2.77. The molecule has 13 heteroatoms. The van der Waals surface area contributed by atoms with Gasteiger partial charge in [-0.15, -0.1) is 0 Å². The molecule has 2 spiro atoms. The first-order valence-corrected chi connectivity index (χ1v) is 36.4. The summed E-state index contributed by atoms with van der Waals surface area (Å²) in [4.78, 5) is 31.8. The molecule has 0 radical (unpaired) electrons. The number of fused-ring (bicyclic) bond motifs is 9. The highest BCUT2D eigenvalue weighted by atomic mass is 16.6. The monoisotopic (exact) mass is 1280 g/mol. The Bertz CT molecular complexity index is 3850. The number of benzene rings is 4. The van der Waals surface area contributed by atoms with Crippen molar-refractivity contribution >= 4 is 17.5 Å². The summed E-state index contributed by atoms with van der Waals surface area (Å²) >= 11 is 0. The number of phenols is 1. The van der Waals surface area contributed by atoms with Crippen molar-refractivity contribution in [3.63, 3.8) is 0 Å². The number of ether oxygens (including phenoxy) is 2. The third-order valence-electron chi connectivity index (χ3n) is 25.2. The summed E-state index contributed by atoms with van der Waals surface area (Å²) in [6.45, 7) is 7.56. The molecule has 7 aliphatic carbocycles. The summed E-state index contributed by atoms with van der Waals surface area (Å²) in [5.41, 5.74) is 7.45. The van der Waals surface area contributed by atoms with E-state index in [2.05, 4.69) is 131 Å². The number of carbonyl (C=O) groups is 2. The van der Waals surface area contributed by atoms with Gasteiger partial charge in [-0.1, -0.05) is 123 Å². The minimum atomic E-state index is -1.14. The van der Waals surface area contributed by atoms with Crippen LogP contribution in [-0.4, -0.2) is 89.6 Å². The van der Waals surface area contributed by atoms with Crippen molar-refractivity contribution in [2.45, 2.75) is 178 Å². The number of aromatic hydroxyl groups is 1. The number of allylic oxidation sites excluding steroid dienone is 6. The molecule has 5 fully saturated rings. The summed E-state index contributed by atoms with van der Waals surface area (Å²) in [6, 6.07) is 31.5. The largest absolute Gasteiger partial charge is 0.508 e. The van der Waals surface area contributed by atoms with Gasteiger partial charge in [0.05, 0.1) is 34.4 Å². The van der Waals surface area contributed by atoms with E-state index in [0.29, 0.717) is 87.1 Å². The third-order valence-corrected chi connectivity index (χ3v) is 25.2. The Balaban J connectivity index is 0.964. The van der Waals surface area contributed by atoms with Crippen molar-refractivity contribution in [1.29, 1.82) is 0 Å². The van der Waals surface area contributed by atoms with Gasteiger partial charge in [0.1, 0.15) is 17.3 Å². The lowest BCUT2D eigenvalue weighted by Gasteiger charge is -2.62. The van der Waals surface area contributed by atoms with Gasteiger partial charge >= 0.3 is 11.9 Å². The summed E-state index contributed by atoms with van der Waals surface area (Å²) in [7, 11) is 2.06. The van der Waals surface area contributed by atoms with Crippen molar-refractivity contribution in [3.8, 4) is 28.7 Å². The van der Waals surface area contributed by atoms with Gasteiger partial charge in [-0.25, -0.2) is 9.59 Å². The van der Waals surface area contributed by atoms with E-state index in [9.17, 15) is 20.4 Å². The van der Waals surface area contributed by atoms with Gasteiger partial charge in [0, 0.05) is 67.1 Å². The second kappa shape index (κ2) is 26.1. The van der Waals surface area contributed by atoms with Gasteiger partial charge in [0.25, 0.3) is 0 Å². The molecule has 4 aromatic carbocycles. The summed E-state index contributed by atoms with van der Waals surface area (Å²) in [5, 5.41) is 67.4. The molecule has 14 atom stereocenters. The van der Waals surface area contributed by atoms with Crippen LogP contribution in [0.3, 0.4) is 0 Å². The van der Waals surface area contributed by atoms with E-state index < -0.39 is 33.9 Å². The number of hydrogen-bond acceptors (Lipinski definition) is 13. The Labute approximate surface area is 562 Å². The molecule has 6 aliphatic heterocycles. The Hall–Kier alpha value is -6.44. The summed E-state index contributed by atoms with van der Waals surface area (Å²) < 4.78 is 13.9. The topological polar surface area (TPSA) is 194 Å². The first-order chi connectivity index (χ1) is 46.1. The number of phenolic OH excluding ortho intramolecular Hbond substituents is 1. The van der Waals surface area contributed by atoms with E-state index in [-0.39, 0.29) is 77.5 Å². The molecule has 0 aromatic heterocycles. The van der Waals surface area contributed by atoms with Crippen LogP contribution < -0.4 is 26.6 Å². The van der Waals surface area contributed by atoms with Crippen molar-refractivity contribution in [2.24, 2.45) is 57.7 Å². The molecule has 4 aromatic rings. The number of esters is 2. The van der Waals surface area contributed by atoms with Crippen LogP contribution in [0.1, 0.15) is 175 Å². The molecule has 95 heavy (non-hydrogen) atoms. The first kappa shape index (κ1) is 64.5. The number of nitrogens with one attached hydrogen (secondary N) is 5. The smallest absolute Gasteiger partial charge is 0.340 e. The van der Waals surface area contributed by atoms with Crippen LogP contribution in [0.5, 0.6) is 5.75 Å². The van der Waals surface area contributed by atoms with E-state index >= 15 is 9.59 Å². The SMILES string of the molecule is CCCNCc1cc2cc(c1)C1NCC(C)(O)CC#CC(C3(O)CCCCC3)CC3CC(C4CCNC(NC)C4)(CC=C4OC(=O)C5=C4CCC46C=CC(NCC2)c2cccc(c2)-c2ccc(O)cc2C2=C7C(=O)OC(=CC(CCO)Cc8ccccc8)C7(CCC24)C56)CC31. The number of aliphatic hydroxyl groups is 3. The standard InChI is InChI=1S/C82H99N5O8/c1-4-34-84-49-54-39-52-24-35-85-67-22-32-80-31-20-63-68(23-30-79(59-25-36-86-70(45-59)83-3)47-58-44-60(81(93)28-9-6-10-29-81)17-12-27-78(2,92)50-87-74(65(58)48-79)57(40-52)41-54)94-76(90)72(63)75(80)82-33-21-66(80)71(64-46-61(89)18-19-62(64)55-15-11-16-56(67)43-55)73(82)77(91)95-69(82)42-53(26-37-88)38-51-13-7-5-8-14-51/h5,7-8,11,13-16,18-19,22-23,32,39-43,46,53,58-60,65-67,70,74-75,83-89,92-93H,4,6,9-10,20-21,24-31,33-38,44-45,47-50H2,1-3H3. The molecular formula is C82H99N5O8. The molecular weight excluding hydrogens is 1180 g/mol. The molecule has 3 saturated carbocycles. The van der Waals surface area contributed by atoms with Crippen LogP contribution in [0.2, 0.25) is 0 Å².